The molecule has 0 saturated heterocycles. The van der Waals surface area contributed by atoms with Crippen LogP contribution < -0.4 is 15.0 Å². The first-order valence-electron chi connectivity index (χ1n) is 10.4. The molecule has 2 aromatic carbocycles. The molecule has 0 amide bonds. The minimum atomic E-state index is -0.616. The largest absolute Gasteiger partial charge is 0.452 e. The number of rotatable bonds is 2. The Morgan fingerprint density at radius 2 is 1.88 bits per heavy atom. The van der Waals surface area contributed by atoms with Gasteiger partial charge >= 0.3 is 5.97 Å². The van der Waals surface area contributed by atoms with Crippen molar-refractivity contribution in [3.63, 3.8) is 0 Å². The van der Waals surface area contributed by atoms with Crippen LogP contribution in [-0.4, -0.2) is 21.7 Å². The van der Waals surface area contributed by atoms with E-state index in [0.29, 0.717) is 28.0 Å². The van der Waals surface area contributed by atoms with Crippen molar-refractivity contribution in [2.75, 3.05) is 0 Å². The van der Waals surface area contributed by atoms with Crippen LogP contribution >= 0.6 is 0 Å². The molecule has 1 atom stereocenters. The Bertz CT molecular complexity index is 1550. The molecule has 0 aliphatic carbocycles. The van der Waals surface area contributed by atoms with Crippen LogP contribution in [0.2, 0.25) is 0 Å². The molecule has 4 aromatic rings. The summed E-state index contributed by atoms with van der Waals surface area (Å²) in [5.41, 5.74) is 2.43. The number of H-pyrrole nitrogens is 1. The third-order valence-corrected chi connectivity index (χ3v) is 5.92. The summed E-state index contributed by atoms with van der Waals surface area (Å²) < 4.78 is 11.5. The molecular formula is C26H16N2O5. The Morgan fingerprint density at radius 3 is 2.73 bits per heavy atom. The summed E-state index contributed by atoms with van der Waals surface area (Å²) in [6, 6.07) is 16.0. The van der Waals surface area contributed by atoms with Crippen LogP contribution in [0.4, 0.5) is 0 Å². The van der Waals surface area contributed by atoms with Crippen LogP contribution in [0.1, 0.15) is 39.4 Å². The molecule has 2 aliphatic rings. The number of aromatic amines is 1. The average Bonchev–Trinajstić information content (AvgIpc) is 3.13. The average molecular weight is 436 g/mol. The Balaban J connectivity index is 1.52. The van der Waals surface area contributed by atoms with Gasteiger partial charge in [0, 0.05) is 35.0 Å². The van der Waals surface area contributed by atoms with Crippen molar-refractivity contribution in [2.24, 2.45) is 0 Å². The topological polar surface area (TPSA) is 98.4 Å². The normalized spacial score (nSPS) is 18.1. The smallest absolute Gasteiger partial charge is 0.312 e. The van der Waals surface area contributed by atoms with Gasteiger partial charge in [-0.15, -0.1) is 0 Å². The van der Waals surface area contributed by atoms with E-state index in [0.717, 1.165) is 10.9 Å². The highest BCUT2D eigenvalue weighted by Gasteiger charge is 2.39. The first-order chi connectivity index (χ1) is 16.1. The van der Waals surface area contributed by atoms with Gasteiger partial charge < -0.3 is 14.5 Å². The number of hydrogen-bond donors (Lipinski definition) is 1. The fraction of sp³-hybridized carbons (Fsp3) is 0.0769. The number of nitrogens with zero attached hydrogens (tertiary/aromatic N) is 1. The van der Waals surface area contributed by atoms with E-state index in [-0.39, 0.29) is 29.3 Å². The van der Waals surface area contributed by atoms with Crippen molar-refractivity contribution in [2.45, 2.75) is 12.3 Å². The molecule has 0 bridgehead atoms. The molecule has 160 valence electrons. The maximum Gasteiger partial charge on any atom is 0.312 e. The third kappa shape index (κ3) is 3.13. The summed E-state index contributed by atoms with van der Waals surface area (Å²) in [4.78, 5) is 45.4. The molecule has 7 nitrogen and oxygen atoms in total. The minimum Gasteiger partial charge on any atom is -0.452 e. The highest BCUT2D eigenvalue weighted by atomic mass is 16.5. The molecule has 0 radical (unpaired) electrons. The second-order valence-electron chi connectivity index (χ2n) is 7.95. The number of ketones is 1. The molecule has 6 rings (SSSR count). The standard InChI is InChI=1S/C26H16N2O5/c29-22-12-17(18-11-15-5-1-2-6-19(15)28-26(18)31)23-20(32-22)8-7-16-24(30)21(33-25(16)23)10-14-4-3-9-27-13-14/h1-11,13,17H,12H2,(H,28,31)/b21-10+. The van der Waals surface area contributed by atoms with Gasteiger partial charge in [0.15, 0.2) is 5.76 Å². The highest BCUT2D eigenvalue weighted by Crippen LogP contribution is 2.48. The molecule has 0 saturated carbocycles. The second-order valence-corrected chi connectivity index (χ2v) is 7.95. The summed E-state index contributed by atoms with van der Waals surface area (Å²) in [6.07, 6.45) is 4.85. The Kier molecular flexibility index (Phi) is 4.23. The lowest BCUT2D eigenvalue weighted by molar-refractivity contribution is -0.135. The minimum absolute atomic E-state index is 0.0376. The number of carbonyl (C=O) groups excluding carboxylic acids is 2. The van der Waals surface area contributed by atoms with Crippen molar-refractivity contribution >= 4 is 28.7 Å². The van der Waals surface area contributed by atoms with Crippen LogP contribution in [0, 0.1) is 0 Å². The monoisotopic (exact) mass is 436 g/mol. The molecule has 33 heavy (non-hydrogen) atoms. The zero-order valence-corrected chi connectivity index (χ0v) is 17.2. The summed E-state index contributed by atoms with van der Waals surface area (Å²) in [6.45, 7) is 0. The molecule has 1 N–H and O–H groups in total. The van der Waals surface area contributed by atoms with E-state index < -0.39 is 11.9 Å². The van der Waals surface area contributed by atoms with E-state index in [1.165, 1.54) is 0 Å². The molecule has 7 heteroatoms. The van der Waals surface area contributed by atoms with Crippen LogP contribution in [-0.2, 0) is 4.79 Å². The Hall–Kier alpha value is -4.52. The number of fused-ring (bicyclic) bond motifs is 4. The number of hydrogen-bond acceptors (Lipinski definition) is 6. The fourth-order valence-corrected chi connectivity index (χ4v) is 4.41. The number of Topliss-reactive ketones (excluding diaryl/α,β-unsaturated/α-hetero) is 1. The number of para-hydroxylation sites is 1. The zero-order chi connectivity index (χ0) is 22.5. The zero-order valence-electron chi connectivity index (χ0n) is 17.2. The predicted octanol–water partition coefficient (Wildman–Crippen LogP) is 3.98. The number of benzene rings is 2. The lowest BCUT2D eigenvalue weighted by Gasteiger charge is -2.26. The Morgan fingerprint density at radius 1 is 1.00 bits per heavy atom. The van der Waals surface area contributed by atoms with E-state index in [9.17, 15) is 14.4 Å². The number of nitrogens with one attached hydrogen (secondary N) is 1. The molecular weight excluding hydrogens is 420 g/mol. The maximum absolute atomic E-state index is 13.0. The second kappa shape index (κ2) is 7.27. The molecule has 0 spiro atoms. The van der Waals surface area contributed by atoms with Gasteiger partial charge in [0.25, 0.3) is 5.56 Å². The van der Waals surface area contributed by atoms with E-state index in [1.807, 2.05) is 30.3 Å². The van der Waals surface area contributed by atoms with E-state index in [1.54, 1.807) is 42.7 Å². The van der Waals surface area contributed by atoms with Crippen molar-refractivity contribution in [3.8, 4) is 11.5 Å². The highest BCUT2D eigenvalue weighted by molar-refractivity contribution is 6.15. The van der Waals surface area contributed by atoms with E-state index in [2.05, 4.69) is 9.97 Å². The Labute approximate surface area is 187 Å². The summed E-state index contributed by atoms with van der Waals surface area (Å²) in [7, 11) is 0. The third-order valence-electron chi connectivity index (χ3n) is 5.92. The molecule has 4 heterocycles. The van der Waals surface area contributed by atoms with Gasteiger partial charge in [-0.1, -0.05) is 24.3 Å². The molecule has 2 aliphatic heterocycles. The van der Waals surface area contributed by atoms with Gasteiger partial charge in [-0.2, -0.15) is 0 Å². The summed E-state index contributed by atoms with van der Waals surface area (Å²) in [5, 5.41) is 0.842. The fourth-order valence-electron chi connectivity index (χ4n) is 4.41. The quantitative estimate of drug-likeness (QED) is 0.290. The van der Waals surface area contributed by atoms with Crippen LogP contribution in [0.25, 0.3) is 17.0 Å². The number of allylic oxidation sites excluding steroid dienone is 1. The van der Waals surface area contributed by atoms with Crippen molar-refractivity contribution in [3.05, 3.63) is 105 Å². The van der Waals surface area contributed by atoms with Crippen molar-refractivity contribution in [1.82, 2.24) is 9.97 Å². The number of esters is 1. The van der Waals surface area contributed by atoms with Gasteiger partial charge in [0.1, 0.15) is 11.5 Å². The lowest BCUT2D eigenvalue weighted by Crippen LogP contribution is -2.26. The predicted molar refractivity (Wildman–Crippen MR) is 120 cm³/mol. The molecule has 0 fully saturated rings. The van der Waals surface area contributed by atoms with Gasteiger partial charge in [0.05, 0.1) is 12.0 Å². The number of aromatic nitrogens is 2. The van der Waals surface area contributed by atoms with Gasteiger partial charge in [-0.05, 0) is 47.4 Å². The van der Waals surface area contributed by atoms with Crippen LogP contribution in [0.5, 0.6) is 11.5 Å². The molecule has 2 aromatic heterocycles. The summed E-state index contributed by atoms with van der Waals surface area (Å²) in [5.74, 6) is -0.588. The molecule has 1 unspecified atom stereocenters. The first kappa shape index (κ1) is 19.2. The van der Waals surface area contributed by atoms with E-state index in [4.69, 9.17) is 9.47 Å². The number of ether oxygens (including phenoxy) is 2. The van der Waals surface area contributed by atoms with E-state index >= 15 is 0 Å². The van der Waals surface area contributed by atoms with Gasteiger partial charge in [-0.3, -0.25) is 19.4 Å². The van der Waals surface area contributed by atoms with Gasteiger partial charge in [0.2, 0.25) is 5.78 Å². The first-order valence-corrected chi connectivity index (χ1v) is 10.4. The SMILES string of the molecule is O=C1CC(c2cc3ccccc3[nH]c2=O)c2c(ccc3c2O/C(=C/c2cccnc2)C3=O)O1. The maximum atomic E-state index is 13.0. The van der Waals surface area contributed by atoms with Crippen molar-refractivity contribution < 1.29 is 19.1 Å². The van der Waals surface area contributed by atoms with Crippen LogP contribution in [0.15, 0.2) is 77.5 Å². The summed E-state index contributed by atoms with van der Waals surface area (Å²) >= 11 is 0. The number of pyridine rings is 2. The van der Waals surface area contributed by atoms with Crippen molar-refractivity contribution in [1.29, 1.82) is 0 Å². The van der Waals surface area contributed by atoms with Gasteiger partial charge in [-0.25, -0.2) is 0 Å². The lowest BCUT2D eigenvalue weighted by atomic mass is 9.85. The van der Waals surface area contributed by atoms with Crippen LogP contribution in [0.3, 0.4) is 0 Å². The number of carbonyl (C=O) groups is 2.